The molecule has 0 atom stereocenters. The van der Waals surface area contributed by atoms with Crippen LogP contribution in [-0.2, 0) is 17.9 Å². The summed E-state index contributed by atoms with van der Waals surface area (Å²) in [7, 11) is 0. The molecule has 3 rings (SSSR count). The molecule has 0 saturated heterocycles. The third-order valence-electron chi connectivity index (χ3n) is 3.47. The van der Waals surface area contributed by atoms with E-state index in [0.717, 1.165) is 4.68 Å². The smallest absolute Gasteiger partial charge is 0.325 e. The zero-order valence-corrected chi connectivity index (χ0v) is 14.0. The fourth-order valence-corrected chi connectivity index (χ4v) is 2.54. The fourth-order valence-electron chi connectivity index (χ4n) is 2.31. The number of hydrogen-bond acceptors (Lipinski definition) is 4. The van der Waals surface area contributed by atoms with Gasteiger partial charge in [-0.1, -0.05) is 17.7 Å². The highest BCUT2D eigenvalue weighted by Gasteiger charge is 2.15. The number of carboxylic acid groups (broad SMARTS) is 1. The molecule has 2 N–H and O–H groups in total. The van der Waals surface area contributed by atoms with Crippen molar-refractivity contribution in [2.45, 2.75) is 13.1 Å². The molecule has 134 valence electrons. The van der Waals surface area contributed by atoms with Crippen molar-refractivity contribution in [3.8, 4) is 0 Å². The van der Waals surface area contributed by atoms with Crippen LogP contribution in [0.15, 0.2) is 42.9 Å². The van der Waals surface area contributed by atoms with Crippen LogP contribution in [-0.4, -0.2) is 36.5 Å². The molecule has 1 aromatic carbocycles. The number of hydrogen-bond donors (Lipinski definition) is 2. The number of aliphatic carboxylic acids is 1. The Morgan fingerprint density at radius 3 is 2.81 bits per heavy atom. The molecular weight excluding hydrogens is 365 g/mol. The summed E-state index contributed by atoms with van der Waals surface area (Å²) in [6, 6.07) is 5.49. The monoisotopic (exact) mass is 377 g/mol. The summed E-state index contributed by atoms with van der Waals surface area (Å²) >= 11 is 5.99. The van der Waals surface area contributed by atoms with Crippen LogP contribution in [0.5, 0.6) is 0 Å². The summed E-state index contributed by atoms with van der Waals surface area (Å²) in [6.45, 7) is -0.121. The van der Waals surface area contributed by atoms with E-state index >= 15 is 0 Å². The van der Waals surface area contributed by atoms with Crippen molar-refractivity contribution in [3.63, 3.8) is 0 Å². The zero-order valence-electron chi connectivity index (χ0n) is 13.3. The van der Waals surface area contributed by atoms with E-state index in [1.54, 1.807) is 12.3 Å². The van der Waals surface area contributed by atoms with Crippen molar-refractivity contribution < 1.29 is 19.1 Å². The van der Waals surface area contributed by atoms with Gasteiger partial charge >= 0.3 is 5.97 Å². The summed E-state index contributed by atoms with van der Waals surface area (Å²) in [5, 5.41) is 19.6. The number of amides is 1. The van der Waals surface area contributed by atoms with Crippen LogP contribution in [0.2, 0.25) is 5.02 Å². The van der Waals surface area contributed by atoms with Crippen molar-refractivity contribution >= 4 is 29.2 Å². The summed E-state index contributed by atoms with van der Waals surface area (Å²) in [5.41, 5.74) is 1.20. The largest absolute Gasteiger partial charge is 0.480 e. The molecule has 1 amide bonds. The minimum absolute atomic E-state index is 0.113. The van der Waals surface area contributed by atoms with Crippen molar-refractivity contribution in [2.75, 3.05) is 5.32 Å². The standard InChI is InChI=1S/C16H13ClFN5O3/c17-13-5-11(18)2-1-10(13)7-22-8-12(6-20-22)21-16(26)14-3-4-19-23(14)9-15(24)25/h1-6,8H,7,9H2,(H,21,26)(H,24,25). The van der Waals surface area contributed by atoms with E-state index in [2.05, 4.69) is 15.5 Å². The first-order valence-corrected chi connectivity index (χ1v) is 7.81. The Bertz CT molecular complexity index is 968. The molecule has 10 heteroatoms. The fraction of sp³-hybridized carbons (Fsp3) is 0.125. The van der Waals surface area contributed by atoms with Crippen LogP contribution < -0.4 is 5.32 Å². The number of anilines is 1. The number of carbonyl (C=O) groups excluding carboxylic acids is 1. The maximum Gasteiger partial charge on any atom is 0.325 e. The molecule has 2 aromatic heterocycles. The lowest BCUT2D eigenvalue weighted by atomic mass is 10.2. The molecule has 0 saturated carbocycles. The quantitative estimate of drug-likeness (QED) is 0.686. The SMILES string of the molecule is O=C(O)Cn1nccc1C(=O)Nc1cnn(Cc2ccc(F)cc2Cl)c1. The van der Waals surface area contributed by atoms with Crippen molar-refractivity contribution in [1.82, 2.24) is 19.6 Å². The lowest BCUT2D eigenvalue weighted by Crippen LogP contribution is -2.20. The van der Waals surface area contributed by atoms with Crippen LogP contribution >= 0.6 is 11.6 Å². The van der Waals surface area contributed by atoms with E-state index in [-0.39, 0.29) is 10.7 Å². The first kappa shape index (κ1) is 17.6. The van der Waals surface area contributed by atoms with E-state index in [1.165, 1.54) is 35.3 Å². The molecule has 2 heterocycles. The molecule has 3 aromatic rings. The molecule has 26 heavy (non-hydrogen) atoms. The molecule has 0 spiro atoms. The highest BCUT2D eigenvalue weighted by atomic mass is 35.5. The third kappa shape index (κ3) is 4.06. The number of carbonyl (C=O) groups is 2. The lowest BCUT2D eigenvalue weighted by Gasteiger charge is -2.05. The van der Waals surface area contributed by atoms with Gasteiger partial charge in [-0.3, -0.25) is 14.3 Å². The number of benzene rings is 1. The molecule has 0 fully saturated rings. The van der Waals surface area contributed by atoms with E-state index in [1.807, 2.05) is 0 Å². The second-order valence-electron chi connectivity index (χ2n) is 5.38. The number of carboxylic acids is 1. The van der Waals surface area contributed by atoms with Gasteiger partial charge in [0.15, 0.2) is 0 Å². The molecule has 0 aliphatic heterocycles. The van der Waals surface area contributed by atoms with Crippen LogP contribution in [0.1, 0.15) is 16.1 Å². The minimum atomic E-state index is -1.10. The average molecular weight is 378 g/mol. The zero-order chi connectivity index (χ0) is 18.7. The van der Waals surface area contributed by atoms with E-state index in [4.69, 9.17) is 16.7 Å². The molecule has 0 aliphatic carbocycles. The summed E-state index contributed by atoms with van der Waals surface area (Å²) in [4.78, 5) is 23.1. The normalized spacial score (nSPS) is 10.7. The van der Waals surface area contributed by atoms with Gasteiger partial charge in [0.05, 0.1) is 18.4 Å². The van der Waals surface area contributed by atoms with Crippen LogP contribution in [0.3, 0.4) is 0 Å². The summed E-state index contributed by atoms with van der Waals surface area (Å²) in [6.07, 6.45) is 4.36. The molecular formula is C16H13ClFN5O3. The second-order valence-corrected chi connectivity index (χ2v) is 5.79. The Morgan fingerprint density at radius 2 is 2.08 bits per heavy atom. The van der Waals surface area contributed by atoms with Gasteiger partial charge in [-0.25, -0.2) is 9.07 Å². The Labute approximate surface area is 151 Å². The van der Waals surface area contributed by atoms with Crippen molar-refractivity contribution in [1.29, 1.82) is 0 Å². The molecule has 0 unspecified atom stereocenters. The van der Waals surface area contributed by atoms with Gasteiger partial charge in [0.2, 0.25) is 0 Å². The Morgan fingerprint density at radius 1 is 1.27 bits per heavy atom. The maximum absolute atomic E-state index is 13.1. The predicted molar refractivity (Wildman–Crippen MR) is 90.6 cm³/mol. The van der Waals surface area contributed by atoms with Crippen molar-refractivity contribution in [2.24, 2.45) is 0 Å². The second kappa shape index (κ2) is 7.36. The van der Waals surface area contributed by atoms with Gasteiger partial charge in [0.25, 0.3) is 5.91 Å². The molecule has 0 bridgehead atoms. The van der Waals surface area contributed by atoms with Gasteiger partial charge in [0.1, 0.15) is 18.1 Å². The van der Waals surface area contributed by atoms with Crippen LogP contribution in [0.25, 0.3) is 0 Å². The topological polar surface area (TPSA) is 102 Å². The minimum Gasteiger partial charge on any atom is -0.480 e. The van der Waals surface area contributed by atoms with Crippen LogP contribution in [0, 0.1) is 5.82 Å². The lowest BCUT2D eigenvalue weighted by molar-refractivity contribution is -0.137. The molecule has 0 aliphatic rings. The summed E-state index contributed by atoms with van der Waals surface area (Å²) in [5.74, 6) is -2.04. The highest BCUT2D eigenvalue weighted by molar-refractivity contribution is 6.31. The Hall–Kier alpha value is -3.20. The summed E-state index contributed by atoms with van der Waals surface area (Å²) < 4.78 is 15.7. The van der Waals surface area contributed by atoms with Gasteiger partial charge in [-0.05, 0) is 23.8 Å². The van der Waals surface area contributed by atoms with E-state index < -0.39 is 24.2 Å². The van der Waals surface area contributed by atoms with E-state index in [0.29, 0.717) is 17.8 Å². The number of rotatable bonds is 6. The number of aromatic nitrogens is 4. The van der Waals surface area contributed by atoms with Crippen molar-refractivity contribution in [3.05, 3.63) is 65.0 Å². The Kier molecular flexibility index (Phi) is 4.99. The molecule has 0 radical (unpaired) electrons. The number of halogens is 2. The third-order valence-corrected chi connectivity index (χ3v) is 3.82. The first-order chi connectivity index (χ1) is 12.4. The van der Waals surface area contributed by atoms with E-state index in [9.17, 15) is 14.0 Å². The number of nitrogens with one attached hydrogen (secondary N) is 1. The average Bonchev–Trinajstić information content (AvgIpc) is 3.19. The maximum atomic E-state index is 13.1. The van der Waals surface area contributed by atoms with Gasteiger partial charge < -0.3 is 10.4 Å². The Balaban J connectivity index is 1.69. The van der Waals surface area contributed by atoms with Gasteiger partial charge in [0, 0.05) is 17.4 Å². The highest BCUT2D eigenvalue weighted by Crippen LogP contribution is 2.19. The molecule has 8 nitrogen and oxygen atoms in total. The van der Waals surface area contributed by atoms with Crippen LogP contribution in [0.4, 0.5) is 10.1 Å². The van der Waals surface area contributed by atoms with Gasteiger partial charge in [-0.15, -0.1) is 0 Å². The number of nitrogens with zero attached hydrogens (tertiary/aromatic N) is 4. The van der Waals surface area contributed by atoms with Gasteiger partial charge in [-0.2, -0.15) is 10.2 Å². The predicted octanol–water partition coefficient (Wildman–Crippen LogP) is 2.26. The first-order valence-electron chi connectivity index (χ1n) is 7.43.